The van der Waals surface area contributed by atoms with Crippen LogP contribution < -0.4 is 0 Å². The molecule has 3 rings (SSSR count). The second-order valence-electron chi connectivity index (χ2n) is 4.79. The zero-order valence-corrected chi connectivity index (χ0v) is 12.6. The van der Waals surface area contributed by atoms with Gasteiger partial charge in [0.15, 0.2) is 11.6 Å². The predicted octanol–water partition coefficient (Wildman–Crippen LogP) is 4.45. The van der Waals surface area contributed by atoms with Gasteiger partial charge in [0.05, 0.1) is 10.9 Å². The number of aromatic nitrogens is 2. The summed E-state index contributed by atoms with van der Waals surface area (Å²) in [7, 11) is 0. The van der Waals surface area contributed by atoms with Gasteiger partial charge in [0.25, 0.3) is 0 Å². The van der Waals surface area contributed by atoms with E-state index in [2.05, 4.69) is 4.98 Å². The van der Waals surface area contributed by atoms with E-state index in [1.54, 1.807) is 17.5 Å². The van der Waals surface area contributed by atoms with Gasteiger partial charge in [0, 0.05) is 18.0 Å². The Morgan fingerprint density at radius 3 is 2.71 bits per heavy atom. The van der Waals surface area contributed by atoms with Crippen molar-refractivity contribution >= 4 is 17.1 Å². The molecule has 0 saturated heterocycles. The van der Waals surface area contributed by atoms with E-state index in [0.717, 1.165) is 22.7 Å². The Morgan fingerprint density at radius 1 is 1.24 bits per heavy atom. The van der Waals surface area contributed by atoms with Crippen LogP contribution in [0.15, 0.2) is 60.2 Å². The van der Waals surface area contributed by atoms with Crippen LogP contribution >= 0.6 is 11.3 Å². The molecular formula is C17H16N2OS. The highest BCUT2D eigenvalue weighted by molar-refractivity contribution is 7.13. The van der Waals surface area contributed by atoms with Crippen molar-refractivity contribution in [3.05, 3.63) is 65.8 Å². The molecule has 0 spiro atoms. The third kappa shape index (κ3) is 2.67. The van der Waals surface area contributed by atoms with Crippen LogP contribution in [0.1, 0.15) is 29.7 Å². The van der Waals surface area contributed by atoms with Gasteiger partial charge in [-0.25, -0.2) is 4.98 Å². The Bertz CT molecular complexity index is 716. The van der Waals surface area contributed by atoms with Crippen LogP contribution in [0.5, 0.6) is 0 Å². The van der Waals surface area contributed by atoms with E-state index in [4.69, 9.17) is 0 Å². The average Bonchev–Trinajstić information content (AvgIpc) is 3.19. The second kappa shape index (κ2) is 6.06. The maximum Gasteiger partial charge on any atom is 0.185 e. The monoisotopic (exact) mass is 296 g/mol. The van der Waals surface area contributed by atoms with Crippen LogP contribution in [0.3, 0.4) is 0 Å². The van der Waals surface area contributed by atoms with Crippen LogP contribution in [-0.2, 0) is 0 Å². The predicted molar refractivity (Wildman–Crippen MR) is 85.6 cm³/mol. The molecule has 0 N–H and O–H groups in total. The van der Waals surface area contributed by atoms with Gasteiger partial charge >= 0.3 is 0 Å². The third-order valence-electron chi connectivity index (χ3n) is 3.49. The summed E-state index contributed by atoms with van der Waals surface area (Å²) in [5, 5.41) is 2.02. The van der Waals surface area contributed by atoms with E-state index >= 15 is 0 Å². The van der Waals surface area contributed by atoms with Gasteiger partial charge in [0.2, 0.25) is 0 Å². The van der Waals surface area contributed by atoms with E-state index in [9.17, 15) is 4.79 Å². The fraction of sp³-hybridized carbons (Fsp3) is 0.176. The summed E-state index contributed by atoms with van der Waals surface area (Å²) in [4.78, 5) is 18.3. The summed E-state index contributed by atoms with van der Waals surface area (Å²) >= 11 is 1.64. The van der Waals surface area contributed by atoms with Crippen molar-refractivity contribution in [2.45, 2.75) is 19.4 Å². The van der Waals surface area contributed by atoms with Gasteiger partial charge in [-0.3, -0.25) is 4.79 Å². The number of carbonyl (C=O) groups excluding carboxylic acids is 1. The van der Waals surface area contributed by atoms with E-state index in [-0.39, 0.29) is 11.8 Å². The molecule has 2 aromatic heterocycles. The van der Waals surface area contributed by atoms with Gasteiger partial charge in [-0.05, 0) is 17.9 Å². The highest BCUT2D eigenvalue weighted by Crippen LogP contribution is 2.28. The zero-order chi connectivity index (χ0) is 14.7. The van der Waals surface area contributed by atoms with Gasteiger partial charge in [0.1, 0.15) is 0 Å². The Balaban J connectivity index is 1.98. The van der Waals surface area contributed by atoms with Crippen LogP contribution in [0.2, 0.25) is 0 Å². The lowest BCUT2D eigenvalue weighted by Crippen LogP contribution is -2.19. The van der Waals surface area contributed by atoms with Crippen molar-refractivity contribution in [2.24, 2.45) is 0 Å². The number of Topliss-reactive ketones (excluding diaryl/α,β-unsaturated/α-hetero) is 1. The molecule has 1 unspecified atom stereocenters. The second-order valence-corrected chi connectivity index (χ2v) is 5.74. The van der Waals surface area contributed by atoms with E-state index in [1.165, 1.54) is 0 Å². The van der Waals surface area contributed by atoms with Crippen molar-refractivity contribution in [3.63, 3.8) is 0 Å². The first-order chi connectivity index (χ1) is 10.3. The molecule has 0 radical (unpaired) electrons. The highest BCUT2D eigenvalue weighted by atomic mass is 32.1. The molecule has 0 aliphatic carbocycles. The van der Waals surface area contributed by atoms with Crippen molar-refractivity contribution in [2.75, 3.05) is 0 Å². The number of nitrogens with zero attached hydrogens (tertiary/aromatic N) is 2. The molecule has 2 heterocycles. The van der Waals surface area contributed by atoms with Crippen LogP contribution in [0.4, 0.5) is 0 Å². The van der Waals surface area contributed by atoms with Crippen LogP contribution in [-0.4, -0.2) is 15.3 Å². The molecule has 0 aliphatic heterocycles. The fourth-order valence-electron chi connectivity index (χ4n) is 2.46. The molecular weight excluding hydrogens is 280 g/mol. The molecule has 21 heavy (non-hydrogen) atoms. The lowest BCUT2D eigenvalue weighted by Gasteiger charge is -2.18. The minimum absolute atomic E-state index is 0.133. The van der Waals surface area contributed by atoms with Crippen molar-refractivity contribution in [1.82, 2.24) is 9.55 Å². The topological polar surface area (TPSA) is 34.9 Å². The summed E-state index contributed by atoms with van der Waals surface area (Å²) in [6.45, 7) is 2.03. The first-order valence-corrected chi connectivity index (χ1v) is 7.85. The van der Waals surface area contributed by atoms with E-state index in [1.807, 2.05) is 65.5 Å². The number of ketones is 1. The lowest BCUT2D eigenvalue weighted by atomic mass is 10.0. The number of thiophene rings is 1. The first-order valence-electron chi connectivity index (χ1n) is 6.97. The number of hydrogen-bond acceptors (Lipinski definition) is 3. The summed E-state index contributed by atoms with van der Waals surface area (Å²) < 4.78 is 1.99. The van der Waals surface area contributed by atoms with Crippen LogP contribution in [0.25, 0.3) is 10.7 Å². The SMILES string of the molecule is CCC(C(=O)c1ccccc1)n1ccnc1-c1cccs1. The molecule has 3 nitrogen and oxygen atoms in total. The molecule has 1 aromatic carbocycles. The van der Waals surface area contributed by atoms with Gasteiger partial charge in [-0.1, -0.05) is 43.3 Å². The molecule has 0 aliphatic rings. The molecule has 0 fully saturated rings. The van der Waals surface area contributed by atoms with Gasteiger partial charge in [-0.15, -0.1) is 11.3 Å². The molecule has 1 atom stereocenters. The minimum Gasteiger partial charge on any atom is -0.319 e. The van der Waals surface area contributed by atoms with E-state index < -0.39 is 0 Å². The molecule has 0 saturated carbocycles. The molecule has 0 bridgehead atoms. The third-order valence-corrected chi connectivity index (χ3v) is 4.36. The Kier molecular flexibility index (Phi) is 3.97. The Labute approximate surface area is 127 Å². The summed E-state index contributed by atoms with van der Waals surface area (Å²) in [5.41, 5.74) is 0.746. The number of rotatable bonds is 5. The van der Waals surface area contributed by atoms with E-state index in [0.29, 0.717) is 0 Å². The number of hydrogen-bond donors (Lipinski definition) is 0. The number of carbonyl (C=O) groups is 1. The fourth-order valence-corrected chi connectivity index (χ4v) is 3.19. The zero-order valence-electron chi connectivity index (χ0n) is 11.8. The Hall–Kier alpha value is -2.20. The standard InChI is InChI=1S/C17H16N2OS/c1-2-14(16(20)13-7-4-3-5-8-13)19-11-10-18-17(19)15-9-6-12-21-15/h3-12,14H,2H2,1H3. The highest BCUT2D eigenvalue weighted by Gasteiger charge is 2.22. The maximum absolute atomic E-state index is 12.8. The molecule has 0 amide bonds. The van der Waals surface area contributed by atoms with Gasteiger partial charge in [-0.2, -0.15) is 0 Å². The van der Waals surface area contributed by atoms with Crippen molar-refractivity contribution < 1.29 is 4.79 Å². The lowest BCUT2D eigenvalue weighted by molar-refractivity contribution is 0.0923. The normalized spacial score (nSPS) is 12.2. The molecule has 106 valence electrons. The number of imidazole rings is 1. The largest absolute Gasteiger partial charge is 0.319 e. The average molecular weight is 296 g/mol. The quantitative estimate of drug-likeness (QED) is 0.652. The number of benzene rings is 1. The summed E-state index contributed by atoms with van der Waals surface area (Å²) in [6.07, 6.45) is 4.39. The van der Waals surface area contributed by atoms with Gasteiger partial charge < -0.3 is 4.57 Å². The molecule has 3 aromatic rings. The maximum atomic E-state index is 12.8. The molecule has 4 heteroatoms. The Morgan fingerprint density at radius 2 is 2.05 bits per heavy atom. The smallest absolute Gasteiger partial charge is 0.185 e. The first kappa shape index (κ1) is 13.8. The summed E-state index contributed by atoms with van der Waals surface area (Å²) in [6, 6.07) is 13.3. The van der Waals surface area contributed by atoms with Crippen molar-refractivity contribution in [3.8, 4) is 10.7 Å². The summed E-state index contributed by atoms with van der Waals surface area (Å²) in [5.74, 6) is 0.995. The van der Waals surface area contributed by atoms with Crippen molar-refractivity contribution in [1.29, 1.82) is 0 Å². The van der Waals surface area contributed by atoms with Crippen LogP contribution in [0, 0.1) is 0 Å². The minimum atomic E-state index is -0.216.